The van der Waals surface area contributed by atoms with Crippen molar-refractivity contribution in [2.24, 2.45) is 0 Å². The summed E-state index contributed by atoms with van der Waals surface area (Å²) < 4.78 is 0. The molecule has 0 spiro atoms. The Bertz CT molecular complexity index is 238. The molecule has 0 unspecified atom stereocenters. The van der Waals surface area contributed by atoms with Crippen LogP contribution in [0.25, 0.3) is 0 Å². The first-order valence-electron chi connectivity index (χ1n) is 4.83. The van der Waals surface area contributed by atoms with E-state index >= 15 is 0 Å². The molecule has 1 aliphatic heterocycles. The maximum Gasteiger partial charge on any atom is 0.105 e. The molecule has 1 radical (unpaired) electrons. The summed E-state index contributed by atoms with van der Waals surface area (Å²) in [6.45, 7) is 4.44. The molecule has 0 atom stereocenters. The molecular weight excluding hydrogens is 164 g/mol. The first-order valence-corrected chi connectivity index (χ1v) is 4.83. The predicted octanol–water partition coefficient (Wildman–Crippen LogP) is 1.19. The summed E-state index contributed by atoms with van der Waals surface area (Å²) in [7, 11) is 0. The van der Waals surface area contributed by atoms with E-state index in [9.17, 15) is 0 Å². The fourth-order valence-corrected chi connectivity index (χ4v) is 1.77. The van der Waals surface area contributed by atoms with Gasteiger partial charge in [-0.05, 0) is 32.9 Å². The second-order valence-corrected chi connectivity index (χ2v) is 3.49. The molecular formula is C9H15N4. The van der Waals surface area contributed by atoms with Gasteiger partial charge >= 0.3 is 0 Å². The molecule has 0 aliphatic carbocycles. The van der Waals surface area contributed by atoms with Gasteiger partial charge in [0, 0.05) is 6.20 Å². The number of nitrogens with one attached hydrogen (secondary N) is 1. The molecule has 4 nitrogen and oxygen atoms in total. The van der Waals surface area contributed by atoms with Gasteiger partial charge in [-0.25, -0.2) is 0 Å². The monoisotopic (exact) mass is 179 g/mol. The lowest BCUT2D eigenvalue weighted by Crippen LogP contribution is -2.33. The lowest BCUT2D eigenvalue weighted by atomic mass is 10.1. The molecule has 0 aromatic carbocycles. The van der Waals surface area contributed by atoms with Crippen molar-refractivity contribution in [1.82, 2.24) is 20.3 Å². The van der Waals surface area contributed by atoms with Crippen LogP contribution in [0.5, 0.6) is 0 Å². The minimum Gasteiger partial charge on any atom is -0.290 e. The summed E-state index contributed by atoms with van der Waals surface area (Å²) in [6, 6.07) is 1.24. The number of hydrogen-bond acceptors (Lipinski definition) is 3. The van der Waals surface area contributed by atoms with Crippen molar-refractivity contribution in [3.8, 4) is 0 Å². The van der Waals surface area contributed by atoms with E-state index in [2.05, 4.69) is 27.2 Å². The van der Waals surface area contributed by atoms with Gasteiger partial charge in [0.2, 0.25) is 0 Å². The van der Waals surface area contributed by atoms with Gasteiger partial charge in [-0.3, -0.25) is 10.00 Å². The minimum absolute atomic E-state index is 0.974. The van der Waals surface area contributed by atoms with Crippen molar-refractivity contribution < 1.29 is 0 Å². The van der Waals surface area contributed by atoms with Crippen LogP contribution < -0.4 is 0 Å². The van der Waals surface area contributed by atoms with E-state index in [1.165, 1.54) is 38.4 Å². The summed E-state index contributed by atoms with van der Waals surface area (Å²) in [5, 5.41) is 10.5. The highest BCUT2D eigenvalue weighted by Gasteiger charge is 2.20. The van der Waals surface area contributed by atoms with Crippen LogP contribution in [0.3, 0.4) is 0 Å². The molecule has 1 aliphatic rings. The minimum atomic E-state index is 0.974. The van der Waals surface area contributed by atoms with Gasteiger partial charge in [0.15, 0.2) is 0 Å². The van der Waals surface area contributed by atoms with Gasteiger partial charge in [-0.1, -0.05) is 11.6 Å². The molecule has 0 saturated carbocycles. The third-order valence-electron chi connectivity index (χ3n) is 2.62. The van der Waals surface area contributed by atoms with Crippen LogP contribution in [0.2, 0.25) is 0 Å². The first-order chi connectivity index (χ1) is 6.38. The highest BCUT2D eigenvalue weighted by atomic mass is 15.3. The van der Waals surface area contributed by atoms with Crippen LogP contribution in [0.1, 0.15) is 31.9 Å². The molecule has 1 saturated heterocycles. The number of rotatable bonds is 2. The molecule has 1 aromatic rings. The van der Waals surface area contributed by atoms with Gasteiger partial charge < -0.3 is 0 Å². The molecule has 1 aromatic heterocycles. The van der Waals surface area contributed by atoms with Crippen LogP contribution in [0.15, 0.2) is 6.20 Å². The van der Waals surface area contributed by atoms with E-state index in [1.807, 2.05) is 6.20 Å². The highest BCUT2D eigenvalue weighted by Crippen LogP contribution is 2.20. The van der Waals surface area contributed by atoms with E-state index < -0.39 is 0 Å². The zero-order chi connectivity index (χ0) is 9.10. The molecule has 0 amide bonds. The molecule has 2 heterocycles. The van der Waals surface area contributed by atoms with E-state index in [1.54, 1.807) is 0 Å². The highest BCUT2D eigenvalue weighted by molar-refractivity contribution is 5.15. The summed E-state index contributed by atoms with van der Waals surface area (Å²) >= 11 is 0. The third kappa shape index (κ3) is 1.88. The molecule has 0 bridgehead atoms. The number of H-pyrrole nitrogens is 1. The van der Waals surface area contributed by atoms with Crippen molar-refractivity contribution >= 4 is 0 Å². The standard InChI is InChI=1S/C9H15N4/c1-8(9-7-10-12-11-9)13-5-3-2-4-6-13/h7H,2-6H2,1H3,(H,10,11,12). The lowest BCUT2D eigenvalue weighted by Gasteiger charge is -2.30. The van der Waals surface area contributed by atoms with Crippen molar-refractivity contribution in [3.05, 3.63) is 17.9 Å². The number of aromatic nitrogens is 3. The van der Waals surface area contributed by atoms with Gasteiger partial charge in [0.05, 0.1) is 6.04 Å². The van der Waals surface area contributed by atoms with E-state index in [0.29, 0.717) is 0 Å². The quantitative estimate of drug-likeness (QED) is 0.741. The Labute approximate surface area is 78.3 Å². The normalized spacial score (nSPS) is 19.5. The van der Waals surface area contributed by atoms with E-state index in [4.69, 9.17) is 0 Å². The summed E-state index contributed by atoms with van der Waals surface area (Å²) in [6.07, 6.45) is 5.82. The van der Waals surface area contributed by atoms with Crippen LogP contribution >= 0.6 is 0 Å². The van der Waals surface area contributed by atoms with Crippen molar-refractivity contribution in [2.45, 2.75) is 26.2 Å². The number of piperidine rings is 1. The zero-order valence-electron chi connectivity index (χ0n) is 7.95. The molecule has 71 valence electrons. The second kappa shape index (κ2) is 3.87. The Morgan fingerprint density at radius 2 is 2.15 bits per heavy atom. The Morgan fingerprint density at radius 3 is 2.77 bits per heavy atom. The molecule has 1 N–H and O–H groups in total. The summed E-state index contributed by atoms with van der Waals surface area (Å²) in [5.74, 6) is 0. The largest absolute Gasteiger partial charge is 0.290 e. The Hall–Kier alpha value is -0.900. The Balaban J connectivity index is 1.99. The lowest BCUT2D eigenvalue weighted by molar-refractivity contribution is 0.250. The Morgan fingerprint density at radius 1 is 1.38 bits per heavy atom. The predicted molar refractivity (Wildman–Crippen MR) is 49.8 cm³/mol. The third-order valence-corrected chi connectivity index (χ3v) is 2.62. The summed E-state index contributed by atoms with van der Waals surface area (Å²) in [4.78, 5) is 2.39. The Kier molecular flexibility index (Phi) is 2.59. The van der Waals surface area contributed by atoms with Gasteiger partial charge in [0.25, 0.3) is 0 Å². The number of hydrogen-bond donors (Lipinski definition) is 1. The van der Waals surface area contributed by atoms with Crippen molar-refractivity contribution in [3.63, 3.8) is 0 Å². The molecule has 4 heteroatoms. The van der Waals surface area contributed by atoms with Crippen molar-refractivity contribution in [2.75, 3.05) is 13.1 Å². The number of nitrogens with zero attached hydrogens (tertiary/aromatic N) is 3. The van der Waals surface area contributed by atoms with Crippen LogP contribution in [0, 0.1) is 6.04 Å². The van der Waals surface area contributed by atoms with Gasteiger partial charge in [0.1, 0.15) is 5.69 Å². The zero-order valence-corrected chi connectivity index (χ0v) is 7.95. The maximum absolute atomic E-state index is 4.01. The molecule has 2 rings (SSSR count). The van der Waals surface area contributed by atoms with Crippen LogP contribution in [-0.2, 0) is 0 Å². The topological polar surface area (TPSA) is 44.8 Å². The average Bonchev–Trinajstić information content (AvgIpc) is 2.71. The summed E-state index contributed by atoms with van der Waals surface area (Å²) in [5.41, 5.74) is 0.974. The maximum atomic E-state index is 4.01. The fourth-order valence-electron chi connectivity index (χ4n) is 1.77. The van der Waals surface area contributed by atoms with E-state index in [-0.39, 0.29) is 0 Å². The van der Waals surface area contributed by atoms with Crippen LogP contribution in [-0.4, -0.2) is 33.4 Å². The van der Waals surface area contributed by atoms with Gasteiger partial charge in [-0.15, -0.1) is 5.10 Å². The number of aromatic amines is 1. The fraction of sp³-hybridized carbons (Fsp3) is 0.667. The second-order valence-electron chi connectivity index (χ2n) is 3.49. The average molecular weight is 179 g/mol. The van der Waals surface area contributed by atoms with E-state index in [0.717, 1.165) is 5.69 Å². The first kappa shape index (κ1) is 8.69. The van der Waals surface area contributed by atoms with Crippen molar-refractivity contribution in [1.29, 1.82) is 0 Å². The number of likely N-dealkylation sites (tertiary alicyclic amines) is 1. The SMILES string of the molecule is C[C](c1c[nH]nn1)N1CCCCC1. The van der Waals surface area contributed by atoms with Gasteiger partial charge in [-0.2, -0.15) is 0 Å². The molecule has 1 fully saturated rings. The van der Waals surface area contributed by atoms with Crippen LogP contribution in [0.4, 0.5) is 0 Å². The smallest absolute Gasteiger partial charge is 0.105 e. The molecule has 13 heavy (non-hydrogen) atoms.